The van der Waals surface area contributed by atoms with E-state index >= 15 is 0 Å². The van der Waals surface area contributed by atoms with Gasteiger partial charge >= 0.3 is 0 Å². The molecule has 1 N–H and O–H groups in total. The van der Waals surface area contributed by atoms with Gasteiger partial charge in [0.05, 0.1) is 0 Å². The minimum absolute atomic E-state index is 1.09. The minimum Gasteiger partial charge on any atom is -0.311 e. The quantitative estimate of drug-likeness (QED) is 0.110. The Labute approximate surface area is 472 Å². The molecule has 0 amide bonds. The largest absolute Gasteiger partial charge is 0.311 e. The normalized spacial score (nSPS) is 11.4. The molecule has 0 saturated carbocycles. The number of rotatable bonds is 15. The van der Waals surface area contributed by atoms with E-state index in [1.165, 1.54) is 60.9 Å². The fourth-order valence-electron chi connectivity index (χ4n) is 11.0. The summed E-state index contributed by atoms with van der Waals surface area (Å²) in [6, 6.07) is 110. The first-order valence-corrected chi connectivity index (χ1v) is 27.5. The molecule has 4 heteroatoms. The lowest BCUT2D eigenvalue weighted by Gasteiger charge is -2.26. The molecule has 12 aromatic carbocycles. The maximum atomic E-state index is 2.34. The monoisotopic (exact) mass is 1030 g/mol. The zero-order valence-corrected chi connectivity index (χ0v) is 45.7. The fraction of sp³-hybridized carbons (Fsp3) is 0.0526. The Kier molecular flexibility index (Phi) is 14.5. The Morgan fingerprint density at radius 1 is 0.188 bits per heavy atom. The molecule has 80 heavy (non-hydrogen) atoms. The van der Waals surface area contributed by atoms with Gasteiger partial charge in [0.2, 0.25) is 0 Å². The van der Waals surface area contributed by atoms with Crippen LogP contribution in [0.15, 0.2) is 303 Å². The van der Waals surface area contributed by atoms with Crippen molar-refractivity contribution >= 4 is 68.2 Å². The van der Waals surface area contributed by atoms with Crippen LogP contribution >= 0.6 is 0 Å². The van der Waals surface area contributed by atoms with E-state index in [2.05, 4.69) is 346 Å². The summed E-state index contributed by atoms with van der Waals surface area (Å²) in [6.07, 6.45) is 0. The number of quaternary nitrogens is 1. The summed E-state index contributed by atoms with van der Waals surface area (Å²) in [5, 5.41) is 0. The first kappa shape index (κ1) is 50.8. The van der Waals surface area contributed by atoms with Gasteiger partial charge in [-0.25, -0.2) is 4.90 Å². The van der Waals surface area contributed by atoms with E-state index in [-0.39, 0.29) is 0 Å². The molecule has 0 saturated heterocycles. The van der Waals surface area contributed by atoms with E-state index in [0.29, 0.717) is 0 Å². The van der Waals surface area contributed by atoms with Crippen molar-refractivity contribution < 1.29 is 4.90 Å². The average molecular weight is 1030 g/mol. The highest BCUT2D eigenvalue weighted by Crippen LogP contribution is 2.40. The summed E-state index contributed by atoms with van der Waals surface area (Å²) >= 11 is 0. The van der Waals surface area contributed by atoms with E-state index < -0.39 is 0 Å². The molecule has 12 aromatic rings. The first-order valence-electron chi connectivity index (χ1n) is 27.5. The topological polar surface area (TPSA) is 14.2 Å². The third kappa shape index (κ3) is 11.1. The van der Waals surface area contributed by atoms with Crippen LogP contribution in [-0.4, -0.2) is 0 Å². The summed E-state index contributed by atoms with van der Waals surface area (Å²) in [4.78, 5) is 8.20. The molecule has 12 rings (SSSR count). The number of nitrogens with zero attached hydrogens (tertiary/aromatic N) is 3. The van der Waals surface area contributed by atoms with Crippen molar-refractivity contribution in [2.75, 3.05) is 14.7 Å². The van der Waals surface area contributed by atoms with Crippen molar-refractivity contribution in [2.45, 2.75) is 27.7 Å². The van der Waals surface area contributed by atoms with Crippen molar-refractivity contribution in [2.24, 2.45) is 0 Å². The summed E-state index contributed by atoms with van der Waals surface area (Å²) < 4.78 is 0. The SMILES string of the molecule is Cc1cccc(N(c2ccc(-c3ccc(N(c4ccccc4)c4ccc(-c5ccc([NH+](c6ccccc6)c6ccc(-c7ccc(N(c8cccc(C)c8)c8cccc(C)c8)cc7)cc6)cc5)cc4)cc3)cc2)c2cccc(C)c2)c1. The number of nitrogens with one attached hydrogen (secondary N) is 1. The molecule has 1 unspecified atom stereocenters. The lowest BCUT2D eigenvalue weighted by Crippen LogP contribution is -2.96. The Morgan fingerprint density at radius 2 is 0.400 bits per heavy atom. The Bertz CT molecular complexity index is 3650. The molecule has 0 radical (unpaired) electrons. The van der Waals surface area contributed by atoms with Gasteiger partial charge in [0.25, 0.3) is 0 Å². The predicted molar refractivity (Wildman–Crippen MR) is 339 cm³/mol. The number of anilines is 9. The van der Waals surface area contributed by atoms with E-state index in [1.54, 1.807) is 0 Å². The highest BCUT2D eigenvalue weighted by molar-refractivity contribution is 5.83. The smallest absolute Gasteiger partial charge is 0.141 e. The van der Waals surface area contributed by atoms with Crippen molar-refractivity contribution in [3.63, 3.8) is 0 Å². The van der Waals surface area contributed by atoms with E-state index in [0.717, 1.165) is 67.9 Å². The van der Waals surface area contributed by atoms with Crippen molar-refractivity contribution in [1.29, 1.82) is 0 Å². The Morgan fingerprint density at radius 3 is 0.675 bits per heavy atom. The molecule has 0 bridgehead atoms. The number of para-hydroxylation sites is 2. The molecular weight excluding hydrogens is 969 g/mol. The third-order valence-electron chi connectivity index (χ3n) is 15.0. The lowest BCUT2D eigenvalue weighted by atomic mass is 10.0. The van der Waals surface area contributed by atoms with Crippen molar-refractivity contribution in [1.82, 2.24) is 0 Å². The molecular formula is C76H63N4+. The van der Waals surface area contributed by atoms with Crippen LogP contribution in [0.5, 0.6) is 0 Å². The zero-order chi connectivity index (χ0) is 54.4. The number of hydrogen-bond acceptors (Lipinski definition) is 3. The predicted octanol–water partition coefficient (Wildman–Crippen LogP) is 20.5. The van der Waals surface area contributed by atoms with Gasteiger partial charge in [-0.2, -0.15) is 0 Å². The molecule has 0 spiro atoms. The third-order valence-corrected chi connectivity index (χ3v) is 15.0. The van der Waals surface area contributed by atoms with Gasteiger partial charge in [-0.1, -0.05) is 133 Å². The molecule has 0 aliphatic carbocycles. The number of hydrogen-bond donors (Lipinski definition) is 1. The Hall–Kier alpha value is -10.0. The van der Waals surface area contributed by atoms with E-state index in [1.807, 2.05) is 0 Å². The zero-order valence-electron chi connectivity index (χ0n) is 45.7. The Balaban J connectivity index is 0.774. The molecule has 4 nitrogen and oxygen atoms in total. The van der Waals surface area contributed by atoms with Crippen LogP contribution in [0.1, 0.15) is 22.3 Å². The molecule has 0 heterocycles. The van der Waals surface area contributed by atoms with Crippen LogP contribution in [0.2, 0.25) is 0 Å². The number of aryl methyl sites for hydroxylation is 4. The summed E-state index contributed by atoms with van der Waals surface area (Å²) in [5.41, 5.74) is 25.5. The minimum atomic E-state index is 1.09. The standard InChI is InChI=1S/C76H62N4/c1-55-15-11-23-73(51-55)79(74-24-12-16-56(2)52-74)71-47-35-63(36-48-71)61-31-43-69(44-32-61)77(65-19-7-5-8-20-65)67-39-27-59(28-40-67)60-29-41-68(42-30-60)78(66-21-9-6-10-22-66)70-45-33-62(34-46-70)64-37-49-72(50-38-64)80(75-25-13-17-57(3)53-75)76-26-14-18-58(4)54-76/h5-54H,1-4H3/p+1. The van der Waals surface area contributed by atoms with Crippen molar-refractivity contribution in [3.8, 4) is 33.4 Å². The lowest BCUT2D eigenvalue weighted by molar-refractivity contribution is -0.681. The highest BCUT2D eigenvalue weighted by Gasteiger charge is 2.21. The summed E-state index contributed by atoms with van der Waals surface area (Å²) in [7, 11) is 0. The second-order valence-electron chi connectivity index (χ2n) is 20.8. The molecule has 0 aliphatic rings. The first-order chi connectivity index (χ1) is 39.3. The maximum absolute atomic E-state index is 2.34. The van der Waals surface area contributed by atoms with Crippen LogP contribution in [0, 0.1) is 27.7 Å². The van der Waals surface area contributed by atoms with E-state index in [4.69, 9.17) is 0 Å². The van der Waals surface area contributed by atoms with Crippen LogP contribution in [0.25, 0.3) is 33.4 Å². The second kappa shape index (κ2) is 22.9. The molecule has 0 aliphatic heterocycles. The van der Waals surface area contributed by atoms with Gasteiger partial charge in [0, 0.05) is 75.5 Å². The van der Waals surface area contributed by atoms with Gasteiger partial charge < -0.3 is 14.7 Å². The molecule has 386 valence electrons. The van der Waals surface area contributed by atoms with Crippen LogP contribution in [0.3, 0.4) is 0 Å². The van der Waals surface area contributed by atoms with Crippen LogP contribution in [-0.2, 0) is 0 Å². The summed E-state index contributed by atoms with van der Waals surface area (Å²) in [5.74, 6) is 0. The fourth-order valence-corrected chi connectivity index (χ4v) is 11.0. The average Bonchev–Trinajstić information content (AvgIpc) is 3.50. The highest BCUT2D eigenvalue weighted by atomic mass is 15.2. The van der Waals surface area contributed by atoms with Gasteiger partial charge in [0.15, 0.2) is 0 Å². The van der Waals surface area contributed by atoms with Gasteiger partial charge in [-0.3, -0.25) is 0 Å². The molecule has 0 aromatic heterocycles. The van der Waals surface area contributed by atoms with Gasteiger partial charge in [-0.05, 0) is 229 Å². The maximum Gasteiger partial charge on any atom is 0.141 e. The van der Waals surface area contributed by atoms with Gasteiger partial charge in [-0.15, -0.1) is 0 Å². The van der Waals surface area contributed by atoms with Crippen LogP contribution in [0.4, 0.5) is 68.2 Å². The van der Waals surface area contributed by atoms with Gasteiger partial charge in [0.1, 0.15) is 17.1 Å². The van der Waals surface area contributed by atoms with Crippen LogP contribution < -0.4 is 19.6 Å². The summed E-state index contributed by atoms with van der Waals surface area (Å²) in [6.45, 7) is 8.59. The number of benzene rings is 12. The van der Waals surface area contributed by atoms with Crippen molar-refractivity contribution in [3.05, 3.63) is 326 Å². The van der Waals surface area contributed by atoms with E-state index in [9.17, 15) is 0 Å². The second-order valence-corrected chi connectivity index (χ2v) is 20.8. The molecule has 0 fully saturated rings. The molecule has 1 atom stereocenters.